The highest BCUT2D eigenvalue weighted by Crippen LogP contribution is 2.23. The molecule has 0 atom stereocenters. The van der Waals surface area contributed by atoms with Crippen LogP contribution in [0, 0.1) is 0 Å². The lowest BCUT2D eigenvalue weighted by Gasteiger charge is -2.05. The van der Waals surface area contributed by atoms with Crippen molar-refractivity contribution in [1.29, 1.82) is 0 Å². The van der Waals surface area contributed by atoms with Crippen LogP contribution in [0.5, 0.6) is 5.88 Å². The van der Waals surface area contributed by atoms with Gasteiger partial charge >= 0.3 is 11.4 Å². The van der Waals surface area contributed by atoms with Gasteiger partial charge in [0.25, 0.3) is 17.1 Å². The predicted molar refractivity (Wildman–Crippen MR) is 103 cm³/mol. The Morgan fingerprint density at radius 2 is 1.86 bits per heavy atom. The van der Waals surface area contributed by atoms with Gasteiger partial charge in [0.05, 0.1) is 0 Å². The SMILES string of the molecule is C/C(Cl)=C\Cn1c(N=Nc2c(O)[nH]c(=O)[nH]c2=O)nc2c1c(=O)n(C)c(=O)n2C. The van der Waals surface area contributed by atoms with Crippen molar-refractivity contribution in [3.63, 3.8) is 0 Å². The lowest BCUT2D eigenvalue weighted by molar-refractivity contribution is 0.450. The molecule has 3 aromatic rings. The van der Waals surface area contributed by atoms with E-state index in [1.165, 1.54) is 18.7 Å². The molecule has 0 aromatic carbocycles. The Morgan fingerprint density at radius 1 is 1.17 bits per heavy atom. The number of aromatic nitrogens is 6. The number of nitrogens with one attached hydrogen (secondary N) is 2. The van der Waals surface area contributed by atoms with E-state index in [9.17, 15) is 24.3 Å². The first kappa shape index (κ1) is 20.0. The predicted octanol–water partition coefficient (Wildman–Crippen LogP) is 0.0739. The number of azo groups is 1. The molecule has 0 aliphatic rings. The fourth-order valence-electron chi connectivity index (χ4n) is 2.56. The summed E-state index contributed by atoms with van der Waals surface area (Å²) in [5.41, 5.74) is -3.53. The number of aryl methyl sites for hydroxylation is 1. The minimum Gasteiger partial charge on any atom is -0.493 e. The molecule has 0 amide bonds. The van der Waals surface area contributed by atoms with Gasteiger partial charge in [0.1, 0.15) is 0 Å². The van der Waals surface area contributed by atoms with Crippen molar-refractivity contribution in [2.75, 3.05) is 0 Å². The molecular formula is C15H15ClN8O5. The van der Waals surface area contributed by atoms with Crippen molar-refractivity contribution in [1.82, 2.24) is 28.7 Å². The highest BCUT2D eigenvalue weighted by atomic mass is 35.5. The van der Waals surface area contributed by atoms with Crippen molar-refractivity contribution in [3.05, 3.63) is 52.8 Å². The van der Waals surface area contributed by atoms with Gasteiger partial charge in [-0.2, -0.15) is 4.98 Å². The van der Waals surface area contributed by atoms with E-state index in [4.69, 9.17) is 11.6 Å². The van der Waals surface area contributed by atoms with Crippen molar-refractivity contribution in [2.45, 2.75) is 13.5 Å². The van der Waals surface area contributed by atoms with E-state index in [0.29, 0.717) is 5.03 Å². The number of fused-ring (bicyclic) bond motifs is 1. The highest BCUT2D eigenvalue weighted by molar-refractivity contribution is 6.29. The van der Waals surface area contributed by atoms with Crippen LogP contribution in [0.25, 0.3) is 11.2 Å². The summed E-state index contributed by atoms with van der Waals surface area (Å²) in [7, 11) is 2.76. The van der Waals surface area contributed by atoms with E-state index in [1.807, 2.05) is 9.97 Å². The summed E-state index contributed by atoms with van der Waals surface area (Å²) in [6.45, 7) is 1.70. The number of imidazole rings is 1. The number of allylic oxidation sites excluding steroid dienone is 2. The largest absolute Gasteiger partial charge is 0.493 e. The molecule has 0 unspecified atom stereocenters. The summed E-state index contributed by atoms with van der Waals surface area (Å²) in [6, 6.07) is 0. The average Bonchev–Trinajstić information content (AvgIpc) is 3.00. The Labute approximate surface area is 165 Å². The molecule has 0 fully saturated rings. The quantitative estimate of drug-likeness (QED) is 0.502. The monoisotopic (exact) mass is 422 g/mol. The van der Waals surface area contributed by atoms with Gasteiger partial charge in [-0.15, -0.1) is 10.2 Å². The zero-order chi connectivity index (χ0) is 21.5. The number of halogens is 1. The molecule has 3 aromatic heterocycles. The maximum Gasteiger partial charge on any atom is 0.332 e. The van der Waals surface area contributed by atoms with E-state index in [0.717, 1.165) is 9.13 Å². The third kappa shape index (κ3) is 3.54. The number of aromatic hydroxyl groups is 1. The van der Waals surface area contributed by atoms with Gasteiger partial charge in [-0.1, -0.05) is 17.7 Å². The summed E-state index contributed by atoms with van der Waals surface area (Å²) in [5.74, 6) is -0.914. The summed E-state index contributed by atoms with van der Waals surface area (Å²) in [5, 5.41) is 17.6. The molecule has 13 nitrogen and oxygen atoms in total. The first-order valence-corrected chi connectivity index (χ1v) is 8.45. The van der Waals surface area contributed by atoms with E-state index >= 15 is 0 Å². The molecule has 14 heteroatoms. The fraction of sp³-hybridized carbons (Fsp3) is 0.267. The Bertz CT molecular complexity index is 1410. The maximum absolute atomic E-state index is 12.6. The summed E-state index contributed by atoms with van der Waals surface area (Å²) in [6.07, 6.45) is 1.58. The van der Waals surface area contributed by atoms with Gasteiger partial charge in [-0.3, -0.25) is 33.3 Å². The Hall–Kier alpha value is -3.74. The van der Waals surface area contributed by atoms with Crippen molar-refractivity contribution in [3.8, 4) is 5.88 Å². The van der Waals surface area contributed by atoms with E-state index in [2.05, 4.69) is 15.2 Å². The first-order chi connectivity index (χ1) is 13.6. The standard InChI is InChI=1S/C15H15ClN8O5/c1-6(16)4-5-24-8-9(22(2)15(29)23(3)12(8)27)17-13(24)21-20-7-10(25)18-14(28)19-11(7)26/h4H,5H2,1-3H3,(H3,18,19,25,26,28)/b6-4+,21-20?. The normalized spacial score (nSPS) is 12.3. The third-order valence-electron chi connectivity index (χ3n) is 4.02. The molecule has 3 N–H and O–H groups in total. The second-order valence-corrected chi connectivity index (χ2v) is 6.59. The van der Waals surface area contributed by atoms with Crippen LogP contribution < -0.4 is 22.5 Å². The van der Waals surface area contributed by atoms with Gasteiger partial charge in [0.15, 0.2) is 11.2 Å². The van der Waals surface area contributed by atoms with Gasteiger partial charge in [-0.05, 0) is 6.92 Å². The molecule has 3 heterocycles. The smallest absolute Gasteiger partial charge is 0.332 e. The Balaban J connectivity index is 2.30. The van der Waals surface area contributed by atoms with Crippen LogP contribution in [0.3, 0.4) is 0 Å². The summed E-state index contributed by atoms with van der Waals surface area (Å²) in [4.78, 5) is 55.8. The Morgan fingerprint density at radius 3 is 2.48 bits per heavy atom. The van der Waals surface area contributed by atoms with Crippen LogP contribution in [0.1, 0.15) is 6.92 Å². The molecule has 0 saturated heterocycles. The minimum absolute atomic E-state index is 0.0484. The van der Waals surface area contributed by atoms with Gasteiger partial charge in [0.2, 0.25) is 11.6 Å². The van der Waals surface area contributed by atoms with E-state index < -0.39 is 34.1 Å². The van der Waals surface area contributed by atoms with Gasteiger partial charge < -0.3 is 5.11 Å². The maximum atomic E-state index is 12.6. The van der Waals surface area contributed by atoms with Crippen molar-refractivity contribution in [2.24, 2.45) is 24.3 Å². The number of nitrogens with zero attached hydrogens (tertiary/aromatic N) is 6. The zero-order valence-electron chi connectivity index (χ0n) is 15.4. The van der Waals surface area contributed by atoms with Crippen LogP contribution in [0.15, 0.2) is 40.5 Å². The molecule has 152 valence electrons. The van der Waals surface area contributed by atoms with Gasteiger partial charge in [0, 0.05) is 25.7 Å². The van der Waals surface area contributed by atoms with Crippen LogP contribution in [-0.4, -0.2) is 33.8 Å². The molecule has 0 saturated carbocycles. The van der Waals surface area contributed by atoms with Crippen molar-refractivity contribution < 1.29 is 5.11 Å². The van der Waals surface area contributed by atoms with Crippen LogP contribution >= 0.6 is 11.6 Å². The molecule has 0 spiro atoms. The number of aromatic amines is 2. The van der Waals surface area contributed by atoms with E-state index in [-0.39, 0.29) is 23.7 Å². The molecule has 0 radical (unpaired) electrons. The number of rotatable bonds is 4. The molecule has 0 aliphatic carbocycles. The lowest BCUT2D eigenvalue weighted by atomic mass is 10.4. The number of H-pyrrole nitrogens is 2. The number of hydrogen-bond acceptors (Lipinski definition) is 8. The number of hydrogen-bond donors (Lipinski definition) is 3. The highest BCUT2D eigenvalue weighted by Gasteiger charge is 2.19. The van der Waals surface area contributed by atoms with E-state index in [1.54, 1.807) is 13.0 Å². The molecular weight excluding hydrogens is 408 g/mol. The van der Waals surface area contributed by atoms with Crippen LogP contribution in [-0.2, 0) is 20.6 Å². The van der Waals surface area contributed by atoms with Crippen LogP contribution in [0.2, 0.25) is 0 Å². The molecule has 29 heavy (non-hydrogen) atoms. The molecule has 0 bridgehead atoms. The third-order valence-corrected chi connectivity index (χ3v) is 4.18. The Kier molecular flexibility index (Phi) is 5.07. The van der Waals surface area contributed by atoms with Gasteiger partial charge in [-0.25, -0.2) is 9.59 Å². The summed E-state index contributed by atoms with van der Waals surface area (Å²) >= 11 is 5.88. The fourth-order valence-corrected chi connectivity index (χ4v) is 2.63. The second-order valence-electron chi connectivity index (χ2n) is 6.00. The summed E-state index contributed by atoms with van der Waals surface area (Å²) < 4.78 is 3.42. The first-order valence-electron chi connectivity index (χ1n) is 8.07. The second kappa shape index (κ2) is 7.35. The topological polar surface area (TPSA) is 172 Å². The average molecular weight is 423 g/mol. The molecule has 3 rings (SSSR count). The molecule has 0 aliphatic heterocycles. The van der Waals surface area contributed by atoms with Crippen molar-refractivity contribution >= 4 is 34.4 Å². The van der Waals surface area contributed by atoms with Crippen LogP contribution in [0.4, 0.5) is 11.6 Å². The minimum atomic E-state index is -0.975. The lowest BCUT2D eigenvalue weighted by Crippen LogP contribution is -2.37. The zero-order valence-corrected chi connectivity index (χ0v) is 16.2.